The van der Waals surface area contributed by atoms with Gasteiger partial charge >= 0.3 is 0 Å². The maximum Gasteiger partial charge on any atom is 0.250 e. The van der Waals surface area contributed by atoms with E-state index in [9.17, 15) is 9.18 Å². The minimum atomic E-state index is -0.922. The van der Waals surface area contributed by atoms with Gasteiger partial charge in [0.05, 0.1) is 18.1 Å². The molecule has 10 nitrogen and oxygen atoms in total. The SMILES string of the molecule is CC1(C(=O)Nc2ccc(F)nc2)CCCN1c1nc(Cl)nc(N(c2ccn[nH]2)C2CC2)n1. The summed E-state index contributed by atoms with van der Waals surface area (Å²) in [5.74, 6) is 0.642. The lowest BCUT2D eigenvalue weighted by Gasteiger charge is -2.34. The fraction of sp³-hybridized carbons (Fsp3) is 0.400. The van der Waals surface area contributed by atoms with Gasteiger partial charge in [-0.15, -0.1) is 0 Å². The number of halogens is 2. The number of nitrogens with zero attached hydrogens (tertiary/aromatic N) is 7. The number of carbonyl (C=O) groups is 1. The van der Waals surface area contributed by atoms with Gasteiger partial charge in [0.1, 0.15) is 11.4 Å². The lowest BCUT2D eigenvalue weighted by Crippen LogP contribution is -2.51. The van der Waals surface area contributed by atoms with E-state index in [-0.39, 0.29) is 17.2 Å². The lowest BCUT2D eigenvalue weighted by atomic mass is 9.97. The molecule has 5 rings (SSSR count). The zero-order valence-electron chi connectivity index (χ0n) is 17.3. The Hall–Kier alpha value is -3.34. The van der Waals surface area contributed by atoms with Gasteiger partial charge in [0.2, 0.25) is 29.0 Å². The minimum Gasteiger partial charge on any atom is -0.326 e. The Labute approximate surface area is 188 Å². The van der Waals surface area contributed by atoms with E-state index in [1.54, 1.807) is 6.20 Å². The predicted molar refractivity (Wildman–Crippen MR) is 116 cm³/mol. The highest BCUT2D eigenvalue weighted by atomic mass is 35.5. The van der Waals surface area contributed by atoms with Crippen LogP contribution < -0.4 is 15.1 Å². The molecule has 1 atom stereocenters. The maximum absolute atomic E-state index is 13.2. The molecule has 32 heavy (non-hydrogen) atoms. The Balaban J connectivity index is 1.45. The molecule has 1 aliphatic heterocycles. The molecule has 1 amide bonds. The summed E-state index contributed by atoms with van der Waals surface area (Å²) in [4.78, 5) is 34.0. The van der Waals surface area contributed by atoms with E-state index < -0.39 is 11.5 Å². The van der Waals surface area contributed by atoms with Gasteiger partial charge < -0.3 is 10.2 Å². The highest BCUT2D eigenvalue weighted by Gasteiger charge is 2.45. The van der Waals surface area contributed by atoms with Crippen LogP contribution in [-0.2, 0) is 4.79 Å². The number of pyridine rings is 1. The van der Waals surface area contributed by atoms with E-state index in [4.69, 9.17) is 11.6 Å². The number of anilines is 4. The van der Waals surface area contributed by atoms with Crippen LogP contribution in [0.3, 0.4) is 0 Å². The Morgan fingerprint density at radius 2 is 2.16 bits per heavy atom. The summed E-state index contributed by atoms with van der Waals surface area (Å²) in [5, 5.41) is 9.85. The van der Waals surface area contributed by atoms with Crippen LogP contribution in [0.25, 0.3) is 0 Å². The van der Waals surface area contributed by atoms with E-state index in [0.29, 0.717) is 30.5 Å². The van der Waals surface area contributed by atoms with Crippen molar-refractivity contribution >= 4 is 40.9 Å². The largest absolute Gasteiger partial charge is 0.326 e. The molecule has 12 heteroatoms. The van der Waals surface area contributed by atoms with Crippen LogP contribution in [0.15, 0.2) is 30.6 Å². The number of carbonyl (C=O) groups excluding carboxylic acids is 1. The van der Waals surface area contributed by atoms with Gasteiger partial charge in [-0.05, 0) is 56.3 Å². The van der Waals surface area contributed by atoms with Crippen LogP contribution >= 0.6 is 11.6 Å². The third-order valence-electron chi connectivity index (χ3n) is 5.81. The second-order valence-corrected chi connectivity index (χ2v) is 8.44. The van der Waals surface area contributed by atoms with Crippen LogP contribution in [-0.4, -0.2) is 54.2 Å². The summed E-state index contributed by atoms with van der Waals surface area (Å²) in [5.41, 5.74) is -0.507. The average molecular weight is 458 g/mol. The van der Waals surface area contributed by atoms with Gasteiger partial charge in [-0.3, -0.25) is 14.8 Å². The first kappa shape index (κ1) is 20.6. The fourth-order valence-corrected chi connectivity index (χ4v) is 4.13. The van der Waals surface area contributed by atoms with Crippen LogP contribution in [0, 0.1) is 5.95 Å². The molecule has 1 aliphatic carbocycles. The summed E-state index contributed by atoms with van der Waals surface area (Å²) in [6, 6.07) is 4.77. The normalized spacial score (nSPS) is 20.4. The number of amides is 1. The van der Waals surface area contributed by atoms with Gasteiger partial charge in [-0.2, -0.15) is 24.4 Å². The maximum atomic E-state index is 13.2. The molecule has 4 heterocycles. The van der Waals surface area contributed by atoms with Gasteiger partial charge in [-0.1, -0.05) is 0 Å². The van der Waals surface area contributed by atoms with Crippen molar-refractivity contribution in [2.45, 2.75) is 44.2 Å². The van der Waals surface area contributed by atoms with Gasteiger partial charge in [0.25, 0.3) is 0 Å². The Morgan fingerprint density at radius 1 is 1.31 bits per heavy atom. The van der Waals surface area contributed by atoms with Crippen molar-refractivity contribution in [2.75, 3.05) is 21.7 Å². The van der Waals surface area contributed by atoms with E-state index in [0.717, 1.165) is 25.1 Å². The average Bonchev–Trinajstić information content (AvgIpc) is 3.28. The highest BCUT2D eigenvalue weighted by molar-refractivity contribution is 6.28. The molecule has 1 saturated heterocycles. The number of rotatable bonds is 6. The predicted octanol–water partition coefficient (Wildman–Crippen LogP) is 3.08. The molecule has 3 aromatic heterocycles. The molecule has 0 radical (unpaired) electrons. The van der Waals surface area contributed by atoms with Crippen molar-refractivity contribution < 1.29 is 9.18 Å². The Kier molecular flexibility index (Phi) is 5.12. The zero-order chi connectivity index (χ0) is 22.3. The molecule has 2 aliphatic rings. The lowest BCUT2D eigenvalue weighted by molar-refractivity contribution is -0.120. The van der Waals surface area contributed by atoms with Crippen molar-refractivity contribution in [3.05, 3.63) is 41.8 Å². The molecule has 2 N–H and O–H groups in total. The van der Waals surface area contributed by atoms with Crippen LogP contribution in [0.2, 0.25) is 5.28 Å². The van der Waals surface area contributed by atoms with Crippen LogP contribution in [0.5, 0.6) is 0 Å². The molecular formula is C20H21ClFN9O. The summed E-state index contributed by atoms with van der Waals surface area (Å²) in [7, 11) is 0. The molecule has 3 aromatic rings. The first-order chi connectivity index (χ1) is 15.4. The van der Waals surface area contributed by atoms with E-state index in [1.165, 1.54) is 18.3 Å². The van der Waals surface area contributed by atoms with Crippen LogP contribution in [0.1, 0.15) is 32.6 Å². The summed E-state index contributed by atoms with van der Waals surface area (Å²) >= 11 is 6.29. The summed E-state index contributed by atoms with van der Waals surface area (Å²) in [6.07, 6.45) is 6.34. The van der Waals surface area contributed by atoms with Gasteiger partial charge in [0.15, 0.2) is 0 Å². The Bertz CT molecular complexity index is 1120. The summed E-state index contributed by atoms with van der Waals surface area (Å²) in [6.45, 7) is 2.41. The molecular weight excluding hydrogens is 437 g/mol. The standard InChI is InChI=1S/C20H21ClFN9O/c1-20(16(32)25-12-3-6-14(22)23-11-12)8-2-10-30(20)18-26-17(21)27-19(28-18)31(13-4-5-13)15-7-9-24-29-15/h3,6-7,9,11,13H,2,4-5,8,10H2,1H3,(H,24,29)(H,25,32). The van der Waals surface area contributed by atoms with Crippen molar-refractivity contribution in [3.8, 4) is 0 Å². The number of aromatic nitrogens is 6. The van der Waals surface area contributed by atoms with Gasteiger partial charge in [0, 0.05) is 18.7 Å². The molecule has 1 saturated carbocycles. The number of H-pyrrole nitrogens is 1. The molecule has 2 fully saturated rings. The molecule has 0 bridgehead atoms. The van der Waals surface area contributed by atoms with Crippen molar-refractivity contribution in [2.24, 2.45) is 0 Å². The third kappa shape index (κ3) is 3.83. The molecule has 0 spiro atoms. The zero-order valence-corrected chi connectivity index (χ0v) is 18.1. The number of aromatic amines is 1. The third-order valence-corrected chi connectivity index (χ3v) is 5.98. The highest BCUT2D eigenvalue weighted by Crippen LogP contribution is 2.38. The smallest absolute Gasteiger partial charge is 0.250 e. The van der Waals surface area contributed by atoms with E-state index in [2.05, 4.69) is 35.5 Å². The Morgan fingerprint density at radius 3 is 2.84 bits per heavy atom. The molecule has 166 valence electrons. The van der Waals surface area contributed by atoms with Crippen molar-refractivity contribution in [1.29, 1.82) is 0 Å². The molecule has 1 unspecified atom stereocenters. The quantitative estimate of drug-likeness (QED) is 0.542. The topological polar surface area (TPSA) is 116 Å². The first-order valence-electron chi connectivity index (χ1n) is 10.3. The summed E-state index contributed by atoms with van der Waals surface area (Å²) < 4.78 is 13.1. The fourth-order valence-electron chi connectivity index (χ4n) is 3.98. The van der Waals surface area contributed by atoms with Crippen molar-refractivity contribution in [1.82, 2.24) is 30.1 Å². The van der Waals surface area contributed by atoms with Crippen LogP contribution in [0.4, 0.5) is 27.8 Å². The second-order valence-electron chi connectivity index (χ2n) is 8.10. The number of hydrogen-bond donors (Lipinski definition) is 2. The minimum absolute atomic E-state index is 0.0487. The second kappa shape index (κ2) is 7.97. The molecule has 0 aromatic carbocycles. The van der Waals surface area contributed by atoms with Gasteiger partial charge in [-0.25, -0.2) is 4.98 Å². The first-order valence-corrected chi connectivity index (χ1v) is 10.7. The van der Waals surface area contributed by atoms with E-state index >= 15 is 0 Å². The van der Waals surface area contributed by atoms with E-state index in [1.807, 2.05) is 22.8 Å². The van der Waals surface area contributed by atoms with Crippen molar-refractivity contribution in [3.63, 3.8) is 0 Å². The monoisotopic (exact) mass is 457 g/mol. The number of hydrogen-bond acceptors (Lipinski definition) is 8. The number of nitrogens with one attached hydrogen (secondary N) is 2.